The first-order valence-corrected chi connectivity index (χ1v) is 7.51. The summed E-state index contributed by atoms with van der Waals surface area (Å²) < 4.78 is 1.06. The average molecular weight is 339 g/mol. The molecule has 0 atom stereocenters. The van der Waals surface area contributed by atoms with E-state index in [1.165, 1.54) is 16.8 Å². The number of rotatable bonds is 3. The Balaban J connectivity index is 2.46. The van der Waals surface area contributed by atoms with Gasteiger partial charge in [-0.25, -0.2) is 0 Å². The number of nitrogens with zero attached hydrogens (tertiary/aromatic N) is 1. The van der Waals surface area contributed by atoms with E-state index >= 15 is 0 Å². The molecule has 100 valence electrons. The van der Waals surface area contributed by atoms with Crippen LogP contribution in [0, 0.1) is 13.8 Å². The van der Waals surface area contributed by atoms with E-state index in [9.17, 15) is 0 Å². The summed E-state index contributed by atoms with van der Waals surface area (Å²) in [5.74, 6) is 0.504. The van der Waals surface area contributed by atoms with Crippen molar-refractivity contribution >= 4 is 38.9 Å². The SMILES string of the molecule is Cc1ccc(N(C)c2ccc(Br)cc2CCl)c(C)c1. The van der Waals surface area contributed by atoms with E-state index in [-0.39, 0.29) is 0 Å². The van der Waals surface area contributed by atoms with Crippen LogP contribution in [0.25, 0.3) is 0 Å². The monoisotopic (exact) mass is 337 g/mol. The van der Waals surface area contributed by atoms with Crippen molar-refractivity contribution in [3.05, 3.63) is 57.6 Å². The maximum Gasteiger partial charge on any atom is 0.0495 e. The van der Waals surface area contributed by atoms with Crippen molar-refractivity contribution in [1.29, 1.82) is 0 Å². The molecule has 2 rings (SSSR count). The third-order valence-corrected chi connectivity index (χ3v) is 4.04. The van der Waals surface area contributed by atoms with Crippen LogP contribution in [0.4, 0.5) is 11.4 Å². The molecule has 0 aliphatic carbocycles. The summed E-state index contributed by atoms with van der Waals surface area (Å²) in [7, 11) is 2.08. The lowest BCUT2D eigenvalue weighted by Gasteiger charge is -2.24. The lowest BCUT2D eigenvalue weighted by atomic mass is 10.1. The van der Waals surface area contributed by atoms with Crippen LogP contribution in [-0.4, -0.2) is 7.05 Å². The molecule has 2 aromatic rings. The molecule has 19 heavy (non-hydrogen) atoms. The first-order chi connectivity index (χ1) is 9.02. The van der Waals surface area contributed by atoms with Gasteiger partial charge in [-0.15, -0.1) is 11.6 Å². The van der Waals surface area contributed by atoms with Gasteiger partial charge >= 0.3 is 0 Å². The number of anilines is 2. The molecule has 0 bridgehead atoms. The zero-order chi connectivity index (χ0) is 14.0. The van der Waals surface area contributed by atoms with Crippen LogP contribution >= 0.6 is 27.5 Å². The van der Waals surface area contributed by atoms with Crippen LogP contribution in [0.15, 0.2) is 40.9 Å². The zero-order valence-corrected chi connectivity index (χ0v) is 13.7. The highest BCUT2D eigenvalue weighted by Crippen LogP contribution is 2.32. The van der Waals surface area contributed by atoms with Crippen molar-refractivity contribution in [1.82, 2.24) is 0 Å². The number of alkyl halides is 1. The lowest BCUT2D eigenvalue weighted by molar-refractivity contribution is 1.15. The Labute approximate surface area is 128 Å². The van der Waals surface area contributed by atoms with Gasteiger partial charge < -0.3 is 4.90 Å². The van der Waals surface area contributed by atoms with E-state index in [1.807, 2.05) is 6.07 Å². The van der Waals surface area contributed by atoms with Gasteiger partial charge in [-0.05, 0) is 49.2 Å². The first kappa shape index (κ1) is 14.4. The summed E-state index contributed by atoms with van der Waals surface area (Å²) in [6.07, 6.45) is 0. The number of hydrogen-bond donors (Lipinski definition) is 0. The molecule has 0 fully saturated rings. The van der Waals surface area contributed by atoms with Crippen molar-refractivity contribution in [2.45, 2.75) is 19.7 Å². The first-order valence-electron chi connectivity index (χ1n) is 6.18. The highest BCUT2D eigenvalue weighted by molar-refractivity contribution is 9.10. The van der Waals surface area contributed by atoms with Gasteiger partial charge in [0.05, 0.1) is 0 Å². The van der Waals surface area contributed by atoms with Gasteiger partial charge in [-0.1, -0.05) is 33.6 Å². The largest absolute Gasteiger partial charge is 0.344 e. The fourth-order valence-electron chi connectivity index (χ4n) is 2.30. The van der Waals surface area contributed by atoms with Crippen LogP contribution < -0.4 is 4.90 Å². The summed E-state index contributed by atoms with van der Waals surface area (Å²) >= 11 is 9.54. The molecule has 0 aromatic heterocycles. The molecule has 0 saturated heterocycles. The van der Waals surface area contributed by atoms with E-state index in [0.717, 1.165) is 15.7 Å². The second kappa shape index (κ2) is 5.98. The zero-order valence-electron chi connectivity index (χ0n) is 11.4. The van der Waals surface area contributed by atoms with Crippen LogP contribution in [0.1, 0.15) is 16.7 Å². The molecule has 0 radical (unpaired) electrons. The highest BCUT2D eigenvalue weighted by atomic mass is 79.9. The van der Waals surface area contributed by atoms with Crippen molar-refractivity contribution in [3.8, 4) is 0 Å². The Kier molecular flexibility index (Phi) is 4.54. The van der Waals surface area contributed by atoms with Crippen molar-refractivity contribution < 1.29 is 0 Å². The predicted molar refractivity (Wildman–Crippen MR) is 87.7 cm³/mol. The average Bonchev–Trinajstić information content (AvgIpc) is 2.37. The molecule has 1 nitrogen and oxygen atoms in total. The quantitative estimate of drug-likeness (QED) is 0.661. The molecule has 0 amide bonds. The number of hydrogen-bond acceptors (Lipinski definition) is 1. The molecular weight excluding hydrogens is 322 g/mol. The van der Waals surface area contributed by atoms with Crippen LogP contribution in [0.5, 0.6) is 0 Å². The molecular formula is C16H17BrClN. The number of halogens is 2. The Morgan fingerprint density at radius 1 is 1.05 bits per heavy atom. The summed E-state index contributed by atoms with van der Waals surface area (Å²) in [6, 6.07) is 12.7. The van der Waals surface area contributed by atoms with Gasteiger partial charge in [0.25, 0.3) is 0 Å². The van der Waals surface area contributed by atoms with Gasteiger partial charge in [0, 0.05) is 28.8 Å². The summed E-state index contributed by atoms with van der Waals surface area (Å²) in [5.41, 5.74) is 6.02. The maximum atomic E-state index is 6.05. The fraction of sp³-hybridized carbons (Fsp3) is 0.250. The van der Waals surface area contributed by atoms with Gasteiger partial charge in [-0.2, -0.15) is 0 Å². The smallest absolute Gasteiger partial charge is 0.0495 e. The minimum Gasteiger partial charge on any atom is -0.344 e. The molecule has 0 unspecified atom stereocenters. The summed E-state index contributed by atoms with van der Waals surface area (Å²) in [4.78, 5) is 2.19. The molecule has 2 aromatic carbocycles. The molecule has 0 spiro atoms. The molecule has 0 aliphatic rings. The summed E-state index contributed by atoms with van der Waals surface area (Å²) in [5, 5.41) is 0. The molecule has 0 saturated carbocycles. The van der Waals surface area contributed by atoms with E-state index in [0.29, 0.717) is 5.88 Å². The molecule has 0 heterocycles. The maximum absolute atomic E-state index is 6.05. The second-order valence-corrected chi connectivity index (χ2v) is 5.94. The Bertz CT molecular complexity index is 595. The Morgan fingerprint density at radius 3 is 2.37 bits per heavy atom. The topological polar surface area (TPSA) is 3.24 Å². The minimum absolute atomic E-state index is 0.504. The molecule has 0 N–H and O–H groups in total. The fourth-order valence-corrected chi connectivity index (χ4v) is 2.92. The van der Waals surface area contributed by atoms with Crippen LogP contribution in [-0.2, 0) is 5.88 Å². The van der Waals surface area contributed by atoms with E-state index < -0.39 is 0 Å². The van der Waals surface area contributed by atoms with Crippen molar-refractivity contribution in [2.75, 3.05) is 11.9 Å². The molecule has 3 heteroatoms. The number of benzene rings is 2. The van der Waals surface area contributed by atoms with Gasteiger partial charge in [-0.3, -0.25) is 0 Å². The third-order valence-electron chi connectivity index (χ3n) is 3.26. The van der Waals surface area contributed by atoms with Gasteiger partial charge in [0.2, 0.25) is 0 Å². The standard InChI is InChI=1S/C16H17BrClN/c1-11-4-6-15(12(2)8-11)19(3)16-7-5-14(17)9-13(16)10-18/h4-9H,10H2,1-3H3. The van der Waals surface area contributed by atoms with Crippen LogP contribution in [0.3, 0.4) is 0 Å². The summed E-state index contributed by atoms with van der Waals surface area (Å²) in [6.45, 7) is 4.25. The van der Waals surface area contributed by atoms with Crippen molar-refractivity contribution in [2.24, 2.45) is 0 Å². The Morgan fingerprint density at radius 2 is 1.74 bits per heavy atom. The second-order valence-electron chi connectivity index (χ2n) is 4.76. The number of aryl methyl sites for hydroxylation is 2. The van der Waals surface area contributed by atoms with Gasteiger partial charge in [0.1, 0.15) is 0 Å². The van der Waals surface area contributed by atoms with E-state index in [1.54, 1.807) is 0 Å². The van der Waals surface area contributed by atoms with E-state index in [2.05, 4.69) is 72.1 Å². The minimum atomic E-state index is 0.504. The highest BCUT2D eigenvalue weighted by Gasteiger charge is 2.11. The molecule has 0 aliphatic heterocycles. The van der Waals surface area contributed by atoms with E-state index in [4.69, 9.17) is 11.6 Å². The third kappa shape index (κ3) is 3.13. The van der Waals surface area contributed by atoms with Crippen molar-refractivity contribution in [3.63, 3.8) is 0 Å². The van der Waals surface area contributed by atoms with Gasteiger partial charge in [0.15, 0.2) is 0 Å². The predicted octanol–water partition coefficient (Wildman–Crippen LogP) is 5.57. The van der Waals surface area contributed by atoms with Crippen LogP contribution in [0.2, 0.25) is 0 Å². The Hall–Kier alpha value is -0.990. The normalized spacial score (nSPS) is 10.6. The lowest BCUT2D eigenvalue weighted by Crippen LogP contribution is -2.12.